The molecule has 0 aliphatic carbocycles. The van der Waals surface area contributed by atoms with Crippen molar-refractivity contribution in [3.63, 3.8) is 0 Å². The highest BCUT2D eigenvalue weighted by Crippen LogP contribution is 2.24. The molecule has 16 heavy (non-hydrogen) atoms. The van der Waals surface area contributed by atoms with Gasteiger partial charge in [0.05, 0.1) is 0 Å². The van der Waals surface area contributed by atoms with Crippen molar-refractivity contribution < 1.29 is 9.53 Å². The second-order valence-corrected chi connectivity index (χ2v) is 4.11. The minimum absolute atomic E-state index is 0.144. The van der Waals surface area contributed by atoms with Gasteiger partial charge in [-0.25, -0.2) is 0 Å². The van der Waals surface area contributed by atoms with Crippen molar-refractivity contribution >= 4 is 17.6 Å². The zero-order valence-electron chi connectivity index (χ0n) is 9.70. The van der Waals surface area contributed by atoms with Gasteiger partial charge in [-0.1, -0.05) is 44.0 Å². The summed E-state index contributed by atoms with van der Waals surface area (Å²) < 4.78 is 5.38. The Morgan fingerprint density at radius 2 is 1.94 bits per heavy atom. The summed E-state index contributed by atoms with van der Waals surface area (Å²) in [6.45, 7) is 3.87. The summed E-state index contributed by atoms with van der Waals surface area (Å²) in [6, 6.07) is 7.45. The number of ether oxygens (including phenoxy) is 1. The molecule has 0 spiro atoms. The number of carbonyl (C=O) groups excluding carboxylic acids is 1. The molecule has 1 atom stereocenters. The van der Waals surface area contributed by atoms with Crippen molar-refractivity contribution in [1.82, 2.24) is 0 Å². The first-order valence-electron chi connectivity index (χ1n) is 5.62. The van der Waals surface area contributed by atoms with E-state index in [-0.39, 0.29) is 12.1 Å². The van der Waals surface area contributed by atoms with Crippen LogP contribution < -0.4 is 0 Å². The van der Waals surface area contributed by atoms with E-state index in [9.17, 15) is 4.79 Å². The number of esters is 1. The predicted octanol–water partition coefficient (Wildman–Crippen LogP) is 4.13. The fourth-order valence-electron chi connectivity index (χ4n) is 1.48. The maximum atomic E-state index is 11.3. The summed E-state index contributed by atoms with van der Waals surface area (Å²) in [5.74, 6) is -0.159. The third-order valence-corrected chi connectivity index (χ3v) is 2.61. The van der Waals surface area contributed by atoms with Gasteiger partial charge in [0.15, 0.2) is 0 Å². The lowest BCUT2D eigenvalue weighted by atomic mass is 10.1. The van der Waals surface area contributed by atoms with Gasteiger partial charge < -0.3 is 4.74 Å². The number of halogens is 1. The van der Waals surface area contributed by atoms with E-state index in [1.165, 1.54) is 0 Å². The number of hydrogen-bond donors (Lipinski definition) is 0. The molecule has 1 aromatic rings. The van der Waals surface area contributed by atoms with Crippen LogP contribution in [0.25, 0.3) is 0 Å². The van der Waals surface area contributed by atoms with Crippen LogP contribution in [0.4, 0.5) is 0 Å². The van der Waals surface area contributed by atoms with E-state index in [1.54, 1.807) is 6.92 Å². The molecule has 0 unspecified atom stereocenters. The molecule has 0 aliphatic heterocycles. The van der Waals surface area contributed by atoms with E-state index in [0.717, 1.165) is 18.4 Å². The molecule has 88 valence electrons. The van der Waals surface area contributed by atoms with Crippen molar-refractivity contribution in [3.8, 4) is 0 Å². The Morgan fingerprint density at radius 3 is 2.44 bits per heavy atom. The molecule has 0 radical (unpaired) electrons. The molecule has 0 amide bonds. The molecule has 3 heteroatoms. The van der Waals surface area contributed by atoms with Crippen molar-refractivity contribution in [1.29, 1.82) is 0 Å². The number of carbonyl (C=O) groups is 1. The second-order valence-electron chi connectivity index (χ2n) is 3.67. The first kappa shape index (κ1) is 13.0. The first-order chi connectivity index (χ1) is 7.67. The van der Waals surface area contributed by atoms with Crippen molar-refractivity contribution in [2.24, 2.45) is 0 Å². The molecular weight excluding hydrogens is 224 g/mol. The smallest absolute Gasteiger partial charge is 0.306 e. The minimum Gasteiger partial charge on any atom is -0.457 e. The molecule has 0 aliphatic rings. The maximum Gasteiger partial charge on any atom is 0.306 e. The van der Waals surface area contributed by atoms with Gasteiger partial charge in [0.25, 0.3) is 0 Å². The molecule has 0 bridgehead atoms. The molecular formula is C13H17ClO2. The number of hydrogen-bond acceptors (Lipinski definition) is 2. The molecule has 0 saturated heterocycles. The summed E-state index contributed by atoms with van der Waals surface area (Å²) in [5.41, 5.74) is 1.01. The van der Waals surface area contributed by atoms with E-state index >= 15 is 0 Å². The van der Waals surface area contributed by atoms with Gasteiger partial charge in [0.2, 0.25) is 0 Å². The Bertz CT molecular complexity index is 332. The van der Waals surface area contributed by atoms with Crippen molar-refractivity contribution in [3.05, 3.63) is 34.9 Å². The monoisotopic (exact) mass is 240 g/mol. The van der Waals surface area contributed by atoms with Gasteiger partial charge in [-0.15, -0.1) is 0 Å². The fraction of sp³-hybridized carbons (Fsp3) is 0.462. The van der Waals surface area contributed by atoms with Crippen LogP contribution in [0.2, 0.25) is 5.02 Å². The van der Waals surface area contributed by atoms with E-state index in [4.69, 9.17) is 16.3 Å². The normalized spacial score (nSPS) is 12.2. The highest BCUT2D eigenvalue weighted by Gasteiger charge is 2.14. The average Bonchev–Trinajstić information content (AvgIpc) is 2.29. The Balaban J connectivity index is 2.76. The highest BCUT2D eigenvalue weighted by molar-refractivity contribution is 6.30. The highest BCUT2D eigenvalue weighted by atomic mass is 35.5. The third kappa shape index (κ3) is 3.86. The van der Waals surface area contributed by atoms with Gasteiger partial charge in [0, 0.05) is 11.4 Å². The largest absolute Gasteiger partial charge is 0.457 e. The van der Waals surface area contributed by atoms with Gasteiger partial charge in [-0.05, 0) is 24.1 Å². The molecule has 0 heterocycles. The Labute approximate surface area is 102 Å². The lowest BCUT2D eigenvalue weighted by Crippen LogP contribution is -2.10. The number of benzene rings is 1. The third-order valence-electron chi connectivity index (χ3n) is 2.36. The average molecular weight is 241 g/mol. The van der Waals surface area contributed by atoms with Crippen LogP contribution in [-0.4, -0.2) is 5.97 Å². The zero-order chi connectivity index (χ0) is 12.0. The van der Waals surface area contributed by atoms with Crippen molar-refractivity contribution in [2.45, 2.75) is 39.2 Å². The lowest BCUT2D eigenvalue weighted by molar-refractivity contribution is -0.149. The van der Waals surface area contributed by atoms with Crippen LogP contribution >= 0.6 is 11.6 Å². The molecule has 0 N–H and O–H groups in total. The Hall–Kier alpha value is -1.02. The molecule has 1 rings (SSSR count). The van der Waals surface area contributed by atoms with Crippen LogP contribution in [0.1, 0.15) is 44.8 Å². The molecule has 0 aromatic heterocycles. The number of rotatable bonds is 5. The zero-order valence-corrected chi connectivity index (χ0v) is 10.5. The topological polar surface area (TPSA) is 26.3 Å². The van der Waals surface area contributed by atoms with Crippen molar-refractivity contribution in [2.75, 3.05) is 0 Å². The van der Waals surface area contributed by atoms with Crippen LogP contribution in [0.15, 0.2) is 24.3 Å². The van der Waals surface area contributed by atoms with Crippen LogP contribution in [0.5, 0.6) is 0 Å². The Morgan fingerprint density at radius 1 is 1.31 bits per heavy atom. The van der Waals surface area contributed by atoms with Gasteiger partial charge in [-0.2, -0.15) is 0 Å². The summed E-state index contributed by atoms with van der Waals surface area (Å²) in [5, 5.41) is 0.695. The van der Waals surface area contributed by atoms with Crippen LogP contribution in [0.3, 0.4) is 0 Å². The standard InChI is InChI=1S/C13H17ClO2/c1-3-5-12(16-13(15)4-2)10-6-8-11(14)9-7-10/h6-9,12H,3-5H2,1-2H3/t12-/m1/s1. The summed E-state index contributed by atoms with van der Waals surface area (Å²) in [4.78, 5) is 11.3. The van der Waals surface area contributed by atoms with E-state index in [2.05, 4.69) is 6.92 Å². The first-order valence-corrected chi connectivity index (χ1v) is 6.00. The van der Waals surface area contributed by atoms with Gasteiger partial charge in [-0.3, -0.25) is 4.79 Å². The molecule has 1 aromatic carbocycles. The quantitative estimate of drug-likeness (QED) is 0.724. The predicted molar refractivity (Wildman–Crippen MR) is 65.5 cm³/mol. The second kappa shape index (κ2) is 6.54. The summed E-state index contributed by atoms with van der Waals surface area (Å²) >= 11 is 5.82. The maximum absolute atomic E-state index is 11.3. The van der Waals surface area contributed by atoms with E-state index in [1.807, 2.05) is 24.3 Å². The SMILES string of the molecule is CCC[C@@H](OC(=O)CC)c1ccc(Cl)cc1. The molecule has 0 saturated carbocycles. The van der Waals surface area contributed by atoms with Crippen LogP contribution in [-0.2, 0) is 9.53 Å². The van der Waals surface area contributed by atoms with E-state index < -0.39 is 0 Å². The summed E-state index contributed by atoms with van der Waals surface area (Å²) in [6.07, 6.45) is 2.08. The van der Waals surface area contributed by atoms with Gasteiger partial charge in [0.1, 0.15) is 6.10 Å². The molecule has 2 nitrogen and oxygen atoms in total. The minimum atomic E-state index is -0.159. The van der Waals surface area contributed by atoms with Gasteiger partial charge >= 0.3 is 5.97 Å². The van der Waals surface area contributed by atoms with Crippen LogP contribution in [0, 0.1) is 0 Å². The summed E-state index contributed by atoms with van der Waals surface area (Å²) in [7, 11) is 0. The van der Waals surface area contributed by atoms with E-state index in [0.29, 0.717) is 11.4 Å². The Kier molecular flexibility index (Phi) is 5.33. The molecule has 0 fully saturated rings. The fourth-order valence-corrected chi connectivity index (χ4v) is 1.60. The lowest BCUT2D eigenvalue weighted by Gasteiger charge is -2.17.